The number of carbonyl (C=O) groups is 4. The minimum Gasteiger partial charge on any atom is -0.337 e. The summed E-state index contributed by atoms with van der Waals surface area (Å²) >= 11 is 5.61. The van der Waals surface area contributed by atoms with E-state index in [2.05, 4.69) is 5.32 Å². The van der Waals surface area contributed by atoms with Gasteiger partial charge >= 0.3 is 6.18 Å². The lowest BCUT2D eigenvalue weighted by atomic mass is 10.0. The molecule has 4 amide bonds. The topological polar surface area (TPSA) is 95.6 Å². The molecule has 2 N–H and O–H groups in total. The Morgan fingerprint density at radius 3 is 2.53 bits per heavy atom. The molecule has 34 heavy (non-hydrogen) atoms. The van der Waals surface area contributed by atoms with Crippen LogP contribution >= 0.6 is 11.6 Å². The number of amides is 4. The van der Waals surface area contributed by atoms with Crippen LogP contribution in [0.4, 0.5) is 17.6 Å². The van der Waals surface area contributed by atoms with Gasteiger partial charge in [0.1, 0.15) is 11.9 Å². The van der Waals surface area contributed by atoms with Crippen LogP contribution in [0, 0.1) is 5.82 Å². The van der Waals surface area contributed by atoms with Crippen LogP contribution in [0.15, 0.2) is 36.4 Å². The Morgan fingerprint density at radius 1 is 1.15 bits per heavy atom. The largest absolute Gasteiger partial charge is 0.412 e. The predicted molar refractivity (Wildman–Crippen MR) is 110 cm³/mol. The highest BCUT2D eigenvalue weighted by molar-refractivity contribution is 6.30. The second-order valence-electron chi connectivity index (χ2n) is 7.89. The average Bonchev–Trinajstić information content (AvgIpc) is 3.07. The van der Waals surface area contributed by atoms with Gasteiger partial charge in [0.25, 0.3) is 11.8 Å². The average molecular weight is 498 g/mol. The molecule has 0 aliphatic carbocycles. The molecule has 1 saturated heterocycles. The fourth-order valence-corrected chi connectivity index (χ4v) is 4.16. The zero-order chi connectivity index (χ0) is 24.8. The summed E-state index contributed by atoms with van der Waals surface area (Å²) in [4.78, 5) is 50.1. The summed E-state index contributed by atoms with van der Waals surface area (Å²) in [5.41, 5.74) is -0.452. The van der Waals surface area contributed by atoms with Crippen molar-refractivity contribution in [1.82, 2.24) is 15.5 Å². The maximum atomic E-state index is 14.1. The minimum absolute atomic E-state index is 0.0594. The monoisotopic (exact) mass is 497 g/mol. The van der Waals surface area contributed by atoms with Crippen LogP contribution in [0.5, 0.6) is 0 Å². The summed E-state index contributed by atoms with van der Waals surface area (Å²) in [6, 6.07) is 2.83. The van der Waals surface area contributed by atoms with Gasteiger partial charge in [0.15, 0.2) is 6.04 Å². The molecule has 0 bridgehead atoms. The molecule has 2 unspecified atom stereocenters. The summed E-state index contributed by atoms with van der Waals surface area (Å²) < 4.78 is 55.0. The minimum atomic E-state index is -5.00. The Bertz CT molecular complexity index is 1220. The number of nitrogens with one attached hydrogen (secondary N) is 2. The highest BCUT2D eigenvalue weighted by Gasteiger charge is 2.44. The first kappa shape index (κ1) is 23.7. The molecule has 0 saturated carbocycles. The second kappa shape index (κ2) is 8.71. The molecule has 1 fully saturated rings. The number of rotatable bonds is 4. The lowest BCUT2D eigenvalue weighted by Crippen LogP contribution is -2.52. The van der Waals surface area contributed by atoms with Gasteiger partial charge in [-0.05, 0) is 42.3 Å². The molecule has 12 heteroatoms. The molecule has 0 radical (unpaired) electrons. The zero-order valence-corrected chi connectivity index (χ0v) is 18.0. The Hall–Kier alpha value is -3.47. The summed E-state index contributed by atoms with van der Waals surface area (Å²) in [5.74, 6) is -3.91. The van der Waals surface area contributed by atoms with Gasteiger partial charge < -0.3 is 10.2 Å². The van der Waals surface area contributed by atoms with E-state index in [4.69, 9.17) is 11.6 Å². The van der Waals surface area contributed by atoms with Gasteiger partial charge in [-0.2, -0.15) is 13.2 Å². The van der Waals surface area contributed by atoms with Gasteiger partial charge in [0.05, 0.1) is 0 Å². The fourth-order valence-electron chi connectivity index (χ4n) is 4.00. The van der Waals surface area contributed by atoms with Crippen LogP contribution in [0.1, 0.15) is 50.7 Å². The summed E-state index contributed by atoms with van der Waals surface area (Å²) in [6.45, 7) is -0.0594. The highest BCUT2D eigenvalue weighted by atomic mass is 35.5. The first-order chi connectivity index (χ1) is 16.0. The molecule has 178 valence electrons. The number of benzene rings is 2. The Balaban J connectivity index is 1.56. The first-order valence-electron chi connectivity index (χ1n) is 10.1. The van der Waals surface area contributed by atoms with Crippen LogP contribution in [-0.2, 0) is 16.1 Å². The van der Waals surface area contributed by atoms with E-state index < -0.39 is 53.3 Å². The van der Waals surface area contributed by atoms with Crippen molar-refractivity contribution in [3.8, 4) is 0 Å². The number of nitrogens with zero attached hydrogens (tertiary/aromatic N) is 1. The molecule has 2 atom stereocenters. The molecular formula is C22H16ClF4N3O4. The maximum Gasteiger partial charge on any atom is 0.412 e. The summed E-state index contributed by atoms with van der Waals surface area (Å²) in [7, 11) is 0. The number of carbonyl (C=O) groups excluding carboxylic acids is 4. The number of alkyl halides is 3. The maximum absolute atomic E-state index is 14.1. The molecule has 7 nitrogen and oxygen atoms in total. The van der Waals surface area contributed by atoms with E-state index in [0.717, 1.165) is 12.1 Å². The second-order valence-corrected chi connectivity index (χ2v) is 8.32. The first-order valence-corrected chi connectivity index (χ1v) is 10.4. The molecule has 0 aromatic heterocycles. The van der Waals surface area contributed by atoms with Crippen molar-refractivity contribution in [2.24, 2.45) is 0 Å². The van der Waals surface area contributed by atoms with E-state index in [1.165, 1.54) is 23.1 Å². The van der Waals surface area contributed by atoms with Crippen molar-refractivity contribution in [3.05, 3.63) is 69.5 Å². The Kier molecular flexibility index (Phi) is 6.07. The molecular weight excluding hydrogens is 482 g/mol. The number of hydrogen-bond donors (Lipinski definition) is 2. The lowest BCUT2D eigenvalue weighted by molar-refractivity contribution is -0.155. The van der Waals surface area contributed by atoms with E-state index in [1.54, 1.807) is 5.32 Å². The highest BCUT2D eigenvalue weighted by Crippen LogP contribution is 2.35. The van der Waals surface area contributed by atoms with E-state index in [9.17, 15) is 36.7 Å². The van der Waals surface area contributed by atoms with Crippen molar-refractivity contribution < 1.29 is 36.7 Å². The fraction of sp³-hybridized carbons (Fsp3) is 0.273. The van der Waals surface area contributed by atoms with Gasteiger partial charge in [0, 0.05) is 34.7 Å². The third-order valence-corrected chi connectivity index (χ3v) is 5.90. The number of fused-ring (bicyclic) bond motifs is 1. The third kappa shape index (κ3) is 4.47. The molecule has 2 aromatic carbocycles. The summed E-state index contributed by atoms with van der Waals surface area (Å²) in [5, 5.41) is 3.85. The van der Waals surface area contributed by atoms with Gasteiger partial charge in [-0.1, -0.05) is 17.7 Å². The van der Waals surface area contributed by atoms with Gasteiger partial charge in [-0.25, -0.2) is 4.39 Å². The standard InChI is InChI=1S/C22H16ClF4N3O4/c23-12-2-4-14(15(24)8-12)18(22(25,26)27)29-19(32)10-1-3-13-11(7-10)9-30(21(13)34)16-5-6-17(31)28-20(16)33/h1-4,7-8,16,18H,5-6,9H2,(H,29,32)(H,28,31,33). The van der Waals surface area contributed by atoms with Crippen molar-refractivity contribution >= 4 is 35.2 Å². The number of imide groups is 1. The van der Waals surface area contributed by atoms with Crippen LogP contribution < -0.4 is 10.6 Å². The van der Waals surface area contributed by atoms with Crippen molar-refractivity contribution in [2.45, 2.75) is 37.6 Å². The van der Waals surface area contributed by atoms with Crippen LogP contribution in [-0.4, -0.2) is 40.7 Å². The van der Waals surface area contributed by atoms with Crippen molar-refractivity contribution in [3.63, 3.8) is 0 Å². The summed E-state index contributed by atoms with van der Waals surface area (Å²) in [6.07, 6.45) is -4.80. The normalized spacial score (nSPS) is 19.0. The van der Waals surface area contributed by atoms with Crippen molar-refractivity contribution in [2.75, 3.05) is 0 Å². The van der Waals surface area contributed by atoms with E-state index >= 15 is 0 Å². The SMILES string of the molecule is O=C1CCC(N2Cc3cc(C(=O)NC(c4ccc(Cl)cc4F)C(F)(F)F)ccc3C2=O)C(=O)N1. The number of hydrogen-bond acceptors (Lipinski definition) is 4. The van der Waals surface area contributed by atoms with Crippen molar-refractivity contribution in [1.29, 1.82) is 0 Å². The molecule has 4 rings (SSSR count). The Labute approximate surface area is 195 Å². The van der Waals surface area contributed by atoms with Crippen LogP contribution in [0.2, 0.25) is 5.02 Å². The van der Waals surface area contributed by atoms with E-state index in [1.807, 2.05) is 0 Å². The molecule has 2 aliphatic rings. The van der Waals surface area contributed by atoms with E-state index in [0.29, 0.717) is 11.6 Å². The Morgan fingerprint density at radius 2 is 1.88 bits per heavy atom. The molecule has 0 spiro atoms. The molecule has 2 aromatic rings. The zero-order valence-electron chi connectivity index (χ0n) is 17.2. The predicted octanol–water partition coefficient (Wildman–Crippen LogP) is 3.27. The van der Waals surface area contributed by atoms with E-state index in [-0.39, 0.29) is 35.5 Å². The van der Waals surface area contributed by atoms with Gasteiger partial charge in [-0.15, -0.1) is 0 Å². The lowest BCUT2D eigenvalue weighted by Gasteiger charge is -2.29. The van der Waals surface area contributed by atoms with Gasteiger partial charge in [-0.3, -0.25) is 24.5 Å². The number of halogens is 5. The quantitative estimate of drug-likeness (QED) is 0.500. The van der Waals surface area contributed by atoms with Crippen LogP contribution in [0.3, 0.4) is 0 Å². The smallest absolute Gasteiger partial charge is 0.337 e. The molecule has 2 aliphatic heterocycles. The van der Waals surface area contributed by atoms with Crippen LogP contribution in [0.25, 0.3) is 0 Å². The number of piperidine rings is 1. The third-order valence-electron chi connectivity index (χ3n) is 5.66. The molecule has 2 heterocycles. The van der Waals surface area contributed by atoms with Gasteiger partial charge in [0.2, 0.25) is 11.8 Å².